The molecule has 0 saturated carbocycles. The molecule has 4 aromatic rings. The summed E-state index contributed by atoms with van der Waals surface area (Å²) in [5, 5.41) is 44.4. The zero-order valence-corrected chi connectivity index (χ0v) is 22.9. The third kappa shape index (κ3) is 17.5. The van der Waals surface area contributed by atoms with Crippen molar-refractivity contribution >= 4 is 22.2 Å². The number of aromatic nitrogens is 2. The van der Waals surface area contributed by atoms with Gasteiger partial charge >= 0.3 is 16.4 Å². The number of hydrogen-bond donors (Lipinski definition) is 7. The van der Waals surface area contributed by atoms with E-state index in [1.807, 2.05) is 36.4 Å². The van der Waals surface area contributed by atoms with E-state index in [1.165, 1.54) is 30.3 Å². The lowest BCUT2D eigenvalue weighted by atomic mass is 10.0. The van der Waals surface area contributed by atoms with E-state index < -0.39 is 16.4 Å². The first-order valence-electron chi connectivity index (χ1n) is 12.0. The van der Waals surface area contributed by atoms with Crippen LogP contribution in [-0.4, -0.2) is 64.8 Å². The maximum Gasteiger partial charge on any atom is 0.394 e. The first-order chi connectivity index (χ1) is 19.7. The van der Waals surface area contributed by atoms with E-state index in [2.05, 4.69) is 9.97 Å². The Labute approximate surface area is 241 Å². The minimum atomic E-state index is -4.67. The fourth-order valence-electron chi connectivity index (χ4n) is 2.95. The SMILES string of the molecule is O=C(CCc1ccccn1)c1ccc(O)cc1O.O=C(O)CCc1ccccn1.O=S(=O)(O)O.Oc1cccc(O)c1. The molecule has 0 fully saturated rings. The van der Waals surface area contributed by atoms with Gasteiger partial charge in [0.05, 0.1) is 12.0 Å². The second-order valence-corrected chi connectivity index (χ2v) is 9.02. The van der Waals surface area contributed by atoms with E-state index in [-0.39, 0.29) is 47.2 Å². The Morgan fingerprint density at radius 3 is 1.50 bits per heavy atom. The van der Waals surface area contributed by atoms with E-state index in [0.29, 0.717) is 12.8 Å². The highest BCUT2D eigenvalue weighted by Gasteiger charge is 2.11. The zero-order chi connectivity index (χ0) is 31.5. The number of nitrogens with zero attached hydrogens (tertiary/aromatic N) is 2. The average Bonchev–Trinajstić information content (AvgIpc) is 2.91. The summed E-state index contributed by atoms with van der Waals surface area (Å²) in [6.45, 7) is 0. The highest BCUT2D eigenvalue weighted by molar-refractivity contribution is 7.79. The van der Waals surface area contributed by atoms with Crippen LogP contribution in [-0.2, 0) is 28.0 Å². The Hall–Kier alpha value is -5.05. The highest BCUT2D eigenvalue weighted by Crippen LogP contribution is 2.24. The van der Waals surface area contributed by atoms with Crippen LogP contribution in [0.1, 0.15) is 34.6 Å². The van der Waals surface area contributed by atoms with Crippen molar-refractivity contribution in [2.75, 3.05) is 0 Å². The van der Waals surface area contributed by atoms with E-state index in [1.54, 1.807) is 18.5 Å². The lowest BCUT2D eigenvalue weighted by Crippen LogP contribution is -2.02. The number of aryl methyl sites for hydroxylation is 2. The number of aromatic hydroxyl groups is 4. The molecular weight excluding hydrogens is 572 g/mol. The number of carboxylic acids is 1. The lowest BCUT2D eigenvalue weighted by Gasteiger charge is -2.04. The summed E-state index contributed by atoms with van der Waals surface area (Å²) < 4.78 is 31.6. The summed E-state index contributed by atoms with van der Waals surface area (Å²) in [7, 11) is -4.67. The summed E-state index contributed by atoms with van der Waals surface area (Å²) in [6, 6.07) is 20.8. The molecule has 2 aromatic heterocycles. The van der Waals surface area contributed by atoms with Gasteiger partial charge in [-0.05, 0) is 55.0 Å². The smallest absolute Gasteiger partial charge is 0.394 e. The molecule has 42 heavy (non-hydrogen) atoms. The molecule has 14 heteroatoms. The molecule has 0 spiro atoms. The number of aliphatic carboxylic acids is 1. The van der Waals surface area contributed by atoms with Crippen molar-refractivity contribution in [3.63, 3.8) is 0 Å². The zero-order valence-electron chi connectivity index (χ0n) is 22.1. The number of pyridine rings is 2. The molecule has 0 amide bonds. The molecule has 0 saturated heterocycles. The molecule has 0 unspecified atom stereocenters. The Balaban J connectivity index is 0.000000313. The summed E-state index contributed by atoms with van der Waals surface area (Å²) in [5.41, 5.74) is 1.89. The number of benzene rings is 2. The number of carbonyl (C=O) groups is 2. The van der Waals surface area contributed by atoms with Crippen LogP contribution in [0.25, 0.3) is 0 Å². The molecule has 0 radical (unpaired) electrons. The van der Waals surface area contributed by atoms with Crippen LogP contribution in [0.4, 0.5) is 0 Å². The van der Waals surface area contributed by atoms with Gasteiger partial charge in [0.1, 0.15) is 23.0 Å². The van der Waals surface area contributed by atoms with Gasteiger partial charge in [0.2, 0.25) is 0 Å². The molecule has 13 nitrogen and oxygen atoms in total. The van der Waals surface area contributed by atoms with Crippen molar-refractivity contribution in [3.8, 4) is 23.0 Å². The Morgan fingerprint density at radius 1 is 0.643 bits per heavy atom. The van der Waals surface area contributed by atoms with Crippen molar-refractivity contribution in [1.29, 1.82) is 0 Å². The number of phenolic OH excluding ortho intramolecular Hbond substituents is 4. The molecule has 0 bridgehead atoms. The predicted octanol–water partition coefficient (Wildman–Crippen LogP) is 3.85. The van der Waals surface area contributed by atoms with Crippen molar-refractivity contribution in [3.05, 3.63) is 108 Å². The molecule has 0 aliphatic heterocycles. The third-order valence-corrected chi connectivity index (χ3v) is 4.77. The fourth-order valence-corrected chi connectivity index (χ4v) is 2.95. The van der Waals surface area contributed by atoms with Crippen LogP contribution in [0.2, 0.25) is 0 Å². The highest BCUT2D eigenvalue weighted by atomic mass is 32.3. The molecular formula is C28H30N2O11S. The van der Waals surface area contributed by atoms with Crippen LogP contribution in [0.5, 0.6) is 23.0 Å². The average molecular weight is 603 g/mol. The van der Waals surface area contributed by atoms with E-state index >= 15 is 0 Å². The third-order valence-electron chi connectivity index (χ3n) is 4.77. The van der Waals surface area contributed by atoms with Crippen LogP contribution < -0.4 is 0 Å². The molecule has 4 rings (SSSR count). The molecule has 0 aliphatic carbocycles. The molecule has 7 N–H and O–H groups in total. The maximum atomic E-state index is 11.9. The predicted molar refractivity (Wildman–Crippen MR) is 151 cm³/mol. The van der Waals surface area contributed by atoms with Crippen LogP contribution >= 0.6 is 0 Å². The van der Waals surface area contributed by atoms with Crippen molar-refractivity contribution in [2.24, 2.45) is 0 Å². The minimum Gasteiger partial charge on any atom is -0.508 e. The molecule has 2 heterocycles. The summed E-state index contributed by atoms with van der Waals surface area (Å²) in [6.07, 6.45) is 4.80. The van der Waals surface area contributed by atoms with Gasteiger partial charge in [-0.1, -0.05) is 18.2 Å². The Morgan fingerprint density at radius 2 is 1.12 bits per heavy atom. The standard InChI is InChI=1S/C14H13NO3.C8H9NO2.C6H6O2.H2O4S/c16-11-5-6-12(14(18)9-11)13(17)7-4-10-3-1-2-8-15-10;10-8(11)5-4-7-3-1-2-6-9-7;7-5-2-1-3-6(8)4-5;1-5(2,3)4/h1-3,5-6,8-9,16,18H,4,7H2;1-3,6H,4-5H2,(H,10,11);1-4,7-8H;(H2,1,2,3,4). The molecule has 0 aliphatic rings. The monoisotopic (exact) mass is 602 g/mol. The normalized spacial score (nSPS) is 9.95. The van der Waals surface area contributed by atoms with Crippen molar-refractivity contribution in [1.82, 2.24) is 9.97 Å². The summed E-state index contributed by atoms with van der Waals surface area (Å²) in [5.74, 6) is -1.03. The molecule has 2 aromatic carbocycles. The van der Waals surface area contributed by atoms with Gasteiger partial charge in [-0.3, -0.25) is 28.7 Å². The van der Waals surface area contributed by atoms with E-state index in [9.17, 15) is 14.7 Å². The number of hydrogen-bond acceptors (Lipinski definition) is 10. The first kappa shape index (κ1) is 35.0. The summed E-state index contributed by atoms with van der Waals surface area (Å²) >= 11 is 0. The van der Waals surface area contributed by atoms with Crippen LogP contribution in [0.3, 0.4) is 0 Å². The molecule has 224 valence electrons. The van der Waals surface area contributed by atoms with Gasteiger partial charge < -0.3 is 25.5 Å². The van der Waals surface area contributed by atoms with Crippen molar-refractivity contribution in [2.45, 2.75) is 25.7 Å². The van der Waals surface area contributed by atoms with Gasteiger partial charge in [-0.15, -0.1) is 0 Å². The number of carboxylic acid groups (broad SMARTS) is 1. The first-order valence-corrected chi connectivity index (χ1v) is 13.4. The van der Waals surface area contributed by atoms with Gasteiger partial charge in [0.15, 0.2) is 5.78 Å². The Bertz CT molecular complexity index is 1480. The summed E-state index contributed by atoms with van der Waals surface area (Å²) in [4.78, 5) is 30.1. The van der Waals surface area contributed by atoms with E-state index in [4.69, 9.17) is 37.9 Å². The maximum absolute atomic E-state index is 11.9. The quantitative estimate of drug-likeness (QED) is 0.118. The number of rotatable bonds is 7. The Kier molecular flexibility index (Phi) is 15.3. The lowest BCUT2D eigenvalue weighted by molar-refractivity contribution is -0.137. The number of phenols is 4. The number of Topliss-reactive ketones (excluding diaryl/α,β-unsaturated/α-hetero) is 1. The fraction of sp³-hybridized carbons (Fsp3) is 0.143. The van der Waals surface area contributed by atoms with Gasteiger partial charge in [0, 0.05) is 48.8 Å². The van der Waals surface area contributed by atoms with Crippen LogP contribution in [0, 0.1) is 0 Å². The second-order valence-electron chi connectivity index (χ2n) is 8.13. The van der Waals surface area contributed by atoms with E-state index in [0.717, 1.165) is 17.5 Å². The minimum absolute atomic E-state index is 0.0613. The van der Waals surface area contributed by atoms with Crippen molar-refractivity contribution < 1.29 is 52.6 Å². The topological polar surface area (TPSA) is 236 Å². The van der Waals surface area contributed by atoms with Gasteiger partial charge in [-0.25, -0.2) is 0 Å². The molecule has 0 atom stereocenters. The second kappa shape index (κ2) is 18.3. The van der Waals surface area contributed by atoms with Gasteiger partial charge in [-0.2, -0.15) is 8.42 Å². The number of ketones is 1. The van der Waals surface area contributed by atoms with Crippen LogP contribution in [0.15, 0.2) is 91.3 Å². The largest absolute Gasteiger partial charge is 0.508 e. The number of carbonyl (C=O) groups excluding carboxylic acids is 1. The van der Waals surface area contributed by atoms with Gasteiger partial charge in [0.25, 0.3) is 0 Å².